The normalized spacial score (nSPS) is 11.3. The molecule has 0 radical (unpaired) electrons. The van der Waals surface area contributed by atoms with Crippen LogP contribution in [0.3, 0.4) is 0 Å². The van der Waals surface area contributed by atoms with E-state index < -0.39 is 11.7 Å². The first-order valence-corrected chi connectivity index (χ1v) is 9.57. The molecule has 9 nitrogen and oxygen atoms in total. The Morgan fingerprint density at radius 3 is 2.65 bits per heavy atom. The summed E-state index contributed by atoms with van der Waals surface area (Å²) in [6, 6.07) is 3.07. The second-order valence-electron chi connectivity index (χ2n) is 6.97. The highest BCUT2D eigenvalue weighted by Gasteiger charge is 2.29. The number of anilines is 3. The maximum absolute atomic E-state index is 13.7. The number of ether oxygens (including phenoxy) is 1. The van der Waals surface area contributed by atoms with Gasteiger partial charge in [-0.15, -0.1) is 0 Å². The quantitative estimate of drug-likeness (QED) is 0.559. The molecule has 11 heteroatoms. The minimum atomic E-state index is -3.19. The van der Waals surface area contributed by atoms with Crippen molar-refractivity contribution in [3.63, 3.8) is 0 Å². The van der Waals surface area contributed by atoms with E-state index in [9.17, 15) is 13.6 Å². The zero-order valence-electron chi connectivity index (χ0n) is 17.6. The van der Waals surface area contributed by atoms with Crippen molar-refractivity contribution in [3.05, 3.63) is 47.8 Å². The smallest absolute Gasteiger partial charge is 0.303 e. The van der Waals surface area contributed by atoms with Crippen LogP contribution in [0, 0.1) is 6.92 Å². The Morgan fingerprint density at radius 2 is 2.00 bits per heavy atom. The molecule has 0 atom stereocenters. The maximum atomic E-state index is 13.7. The summed E-state index contributed by atoms with van der Waals surface area (Å²) in [7, 11) is 0. The van der Waals surface area contributed by atoms with Crippen LogP contribution in [-0.4, -0.2) is 30.6 Å². The average molecular weight is 431 g/mol. The summed E-state index contributed by atoms with van der Waals surface area (Å²) in [6.45, 7) is 6.61. The zero-order chi connectivity index (χ0) is 22.6. The highest BCUT2D eigenvalue weighted by atomic mass is 19.3. The molecule has 31 heavy (non-hydrogen) atoms. The van der Waals surface area contributed by atoms with Gasteiger partial charge >= 0.3 is 5.92 Å². The maximum Gasteiger partial charge on any atom is 0.303 e. The number of alkyl halides is 2. The fourth-order valence-electron chi connectivity index (χ4n) is 2.69. The summed E-state index contributed by atoms with van der Waals surface area (Å²) in [4.78, 5) is 23.3. The predicted molar refractivity (Wildman–Crippen MR) is 110 cm³/mol. The number of aromatic nitrogens is 5. The number of nitrogens with one attached hydrogen (secondary N) is 2. The van der Waals surface area contributed by atoms with Gasteiger partial charge in [-0.2, -0.15) is 13.9 Å². The SMILES string of the molecule is CCn1cc(COc2cnc(NC(C)=O)cc2Nc2cc(C)nc(C(C)(F)F)n2)cn1. The average Bonchev–Trinajstić information content (AvgIpc) is 3.14. The summed E-state index contributed by atoms with van der Waals surface area (Å²) in [5.74, 6) is -3.31. The first kappa shape index (κ1) is 22.1. The third-order valence-electron chi connectivity index (χ3n) is 4.09. The topological polar surface area (TPSA) is 107 Å². The number of halogens is 2. The van der Waals surface area contributed by atoms with Gasteiger partial charge in [0.15, 0.2) is 5.75 Å². The monoisotopic (exact) mass is 431 g/mol. The van der Waals surface area contributed by atoms with Crippen molar-refractivity contribution in [2.24, 2.45) is 0 Å². The number of nitrogens with zero attached hydrogens (tertiary/aromatic N) is 5. The Hall–Kier alpha value is -3.63. The van der Waals surface area contributed by atoms with E-state index in [1.165, 1.54) is 25.3 Å². The van der Waals surface area contributed by atoms with Crippen LogP contribution in [0.25, 0.3) is 0 Å². The van der Waals surface area contributed by atoms with Crippen LogP contribution < -0.4 is 15.4 Å². The molecule has 3 rings (SSSR count). The van der Waals surface area contributed by atoms with E-state index in [1.54, 1.807) is 17.8 Å². The van der Waals surface area contributed by atoms with Crippen LogP contribution in [0.5, 0.6) is 5.75 Å². The molecule has 0 saturated heterocycles. The van der Waals surface area contributed by atoms with Gasteiger partial charge in [-0.1, -0.05) is 0 Å². The molecule has 0 bridgehead atoms. The van der Waals surface area contributed by atoms with Crippen molar-refractivity contribution >= 4 is 23.2 Å². The van der Waals surface area contributed by atoms with Crippen LogP contribution in [0.2, 0.25) is 0 Å². The molecular formula is C20H23F2N7O2. The summed E-state index contributed by atoms with van der Waals surface area (Å²) < 4.78 is 35.1. The molecule has 0 aliphatic carbocycles. The lowest BCUT2D eigenvalue weighted by Gasteiger charge is -2.16. The summed E-state index contributed by atoms with van der Waals surface area (Å²) in [5.41, 5.74) is 1.62. The highest BCUT2D eigenvalue weighted by Crippen LogP contribution is 2.31. The van der Waals surface area contributed by atoms with Crippen molar-refractivity contribution in [3.8, 4) is 5.75 Å². The molecule has 0 aromatic carbocycles. The molecule has 3 aromatic rings. The van der Waals surface area contributed by atoms with E-state index >= 15 is 0 Å². The number of carbonyl (C=O) groups is 1. The molecule has 1 amide bonds. The summed E-state index contributed by atoms with van der Waals surface area (Å²) in [5, 5.41) is 9.75. The summed E-state index contributed by atoms with van der Waals surface area (Å²) >= 11 is 0. The number of amides is 1. The van der Waals surface area contributed by atoms with Crippen molar-refractivity contribution in [1.82, 2.24) is 24.7 Å². The zero-order valence-corrected chi connectivity index (χ0v) is 17.6. The van der Waals surface area contributed by atoms with Crippen molar-refractivity contribution in [2.75, 3.05) is 10.6 Å². The molecule has 3 heterocycles. The number of rotatable bonds is 8. The van der Waals surface area contributed by atoms with Gasteiger partial charge < -0.3 is 15.4 Å². The number of pyridine rings is 1. The Morgan fingerprint density at radius 1 is 1.23 bits per heavy atom. The lowest BCUT2D eigenvalue weighted by molar-refractivity contribution is -0.114. The summed E-state index contributed by atoms with van der Waals surface area (Å²) in [6.07, 6.45) is 4.98. The molecule has 164 valence electrons. The third kappa shape index (κ3) is 5.93. The lowest BCUT2D eigenvalue weighted by Crippen LogP contribution is -2.14. The minimum absolute atomic E-state index is 0.160. The highest BCUT2D eigenvalue weighted by molar-refractivity contribution is 5.88. The van der Waals surface area contributed by atoms with Gasteiger partial charge in [0.1, 0.15) is 18.2 Å². The fraction of sp³-hybridized carbons (Fsp3) is 0.350. The van der Waals surface area contributed by atoms with Crippen LogP contribution in [-0.2, 0) is 23.9 Å². The van der Waals surface area contributed by atoms with Crippen molar-refractivity contribution in [1.29, 1.82) is 0 Å². The van der Waals surface area contributed by atoms with Gasteiger partial charge in [0.25, 0.3) is 0 Å². The molecule has 0 saturated carbocycles. The standard InChI is InChI=1S/C20H23F2N7O2/c1-5-29-10-14(8-24-29)11-31-16-9-23-17(26-13(3)30)7-15(16)27-18-6-12(2)25-19(28-18)20(4,21)22/h6-10H,5,11H2,1-4H3,(H2,23,25,26,27,28,30). The number of hydrogen-bond donors (Lipinski definition) is 2. The van der Waals surface area contributed by atoms with Gasteiger partial charge in [0, 0.05) is 50.0 Å². The first-order valence-electron chi connectivity index (χ1n) is 9.57. The van der Waals surface area contributed by atoms with E-state index in [0.717, 1.165) is 19.0 Å². The minimum Gasteiger partial charge on any atom is -0.485 e. The molecular weight excluding hydrogens is 408 g/mol. The molecule has 0 fully saturated rings. The number of aryl methyl sites for hydroxylation is 2. The van der Waals surface area contributed by atoms with E-state index in [2.05, 4.69) is 30.7 Å². The molecule has 0 unspecified atom stereocenters. The molecule has 2 N–H and O–H groups in total. The number of carbonyl (C=O) groups excluding carboxylic acids is 1. The number of hydrogen-bond acceptors (Lipinski definition) is 7. The van der Waals surface area contributed by atoms with Crippen molar-refractivity contribution in [2.45, 2.75) is 46.8 Å². The Kier molecular flexibility index (Phi) is 6.42. The van der Waals surface area contributed by atoms with E-state index in [-0.39, 0.29) is 24.1 Å². The van der Waals surface area contributed by atoms with Crippen molar-refractivity contribution < 1.29 is 18.3 Å². The molecule has 0 aliphatic rings. The van der Waals surface area contributed by atoms with Crippen LogP contribution in [0.1, 0.15) is 37.9 Å². The lowest BCUT2D eigenvalue weighted by atomic mass is 10.3. The molecule has 3 aromatic heterocycles. The van der Waals surface area contributed by atoms with E-state index in [4.69, 9.17) is 4.74 Å². The predicted octanol–water partition coefficient (Wildman–Crippen LogP) is 3.79. The van der Waals surface area contributed by atoms with Gasteiger partial charge in [0.2, 0.25) is 11.7 Å². The Bertz CT molecular complexity index is 1080. The molecule has 0 aliphatic heterocycles. The van der Waals surface area contributed by atoms with Crippen LogP contribution in [0.4, 0.5) is 26.1 Å². The van der Waals surface area contributed by atoms with E-state index in [1.807, 2.05) is 13.1 Å². The Balaban J connectivity index is 1.90. The second kappa shape index (κ2) is 9.02. The Labute approximate surface area is 177 Å². The fourth-order valence-corrected chi connectivity index (χ4v) is 2.69. The molecule has 0 spiro atoms. The van der Waals surface area contributed by atoms with E-state index in [0.29, 0.717) is 17.1 Å². The third-order valence-corrected chi connectivity index (χ3v) is 4.09. The van der Waals surface area contributed by atoms with Crippen LogP contribution >= 0.6 is 0 Å². The van der Waals surface area contributed by atoms with Gasteiger partial charge in [-0.25, -0.2) is 15.0 Å². The first-order chi connectivity index (χ1) is 14.6. The van der Waals surface area contributed by atoms with Gasteiger partial charge in [0.05, 0.1) is 18.1 Å². The van der Waals surface area contributed by atoms with Crippen LogP contribution in [0.15, 0.2) is 30.7 Å². The van der Waals surface area contributed by atoms with Gasteiger partial charge in [-0.3, -0.25) is 9.48 Å². The second-order valence-corrected chi connectivity index (χ2v) is 6.97. The van der Waals surface area contributed by atoms with Gasteiger partial charge in [-0.05, 0) is 13.8 Å². The largest absolute Gasteiger partial charge is 0.485 e.